The molecular formula is C12H17BrN2O2S. The minimum atomic E-state index is -3.28. The fourth-order valence-corrected chi connectivity index (χ4v) is 4.23. The second-order valence-electron chi connectivity index (χ2n) is 4.61. The van der Waals surface area contributed by atoms with Crippen LogP contribution in [-0.2, 0) is 10.0 Å². The maximum atomic E-state index is 12.2. The van der Waals surface area contributed by atoms with Gasteiger partial charge in [-0.3, -0.25) is 4.72 Å². The highest BCUT2D eigenvalue weighted by Crippen LogP contribution is 2.22. The lowest BCUT2D eigenvalue weighted by Gasteiger charge is -2.23. The Morgan fingerprint density at radius 2 is 1.94 bits per heavy atom. The van der Waals surface area contributed by atoms with Crippen LogP contribution in [0.25, 0.3) is 0 Å². The van der Waals surface area contributed by atoms with Crippen LogP contribution >= 0.6 is 15.9 Å². The Hall–Kier alpha value is -0.590. The second-order valence-corrected chi connectivity index (χ2v) is 7.49. The van der Waals surface area contributed by atoms with Gasteiger partial charge < -0.3 is 5.32 Å². The van der Waals surface area contributed by atoms with Crippen LogP contribution < -0.4 is 10.0 Å². The van der Waals surface area contributed by atoms with Crippen LogP contribution in [0.1, 0.15) is 18.4 Å². The van der Waals surface area contributed by atoms with Crippen LogP contribution in [0.15, 0.2) is 22.7 Å². The number of benzene rings is 1. The third-order valence-electron chi connectivity index (χ3n) is 3.03. The monoisotopic (exact) mass is 332 g/mol. The highest BCUT2D eigenvalue weighted by atomic mass is 79.9. The Bertz CT molecular complexity index is 505. The SMILES string of the molecule is Cc1cc(Br)cc(NS(=O)(=O)C2CCNCC2)c1. The number of sulfonamides is 1. The van der Waals surface area contributed by atoms with Crippen LogP contribution in [0.5, 0.6) is 0 Å². The van der Waals surface area contributed by atoms with E-state index in [0.717, 1.165) is 23.1 Å². The Morgan fingerprint density at radius 1 is 1.28 bits per heavy atom. The molecule has 0 spiro atoms. The third kappa shape index (κ3) is 3.46. The molecule has 0 amide bonds. The highest BCUT2D eigenvalue weighted by Gasteiger charge is 2.27. The number of halogens is 1. The average Bonchev–Trinajstić information content (AvgIpc) is 2.28. The Labute approximate surface area is 116 Å². The summed E-state index contributed by atoms with van der Waals surface area (Å²) in [7, 11) is -3.28. The van der Waals surface area contributed by atoms with Crippen molar-refractivity contribution < 1.29 is 8.42 Å². The van der Waals surface area contributed by atoms with Crippen molar-refractivity contribution >= 4 is 31.6 Å². The van der Waals surface area contributed by atoms with Gasteiger partial charge >= 0.3 is 0 Å². The van der Waals surface area contributed by atoms with Crippen molar-refractivity contribution in [3.8, 4) is 0 Å². The highest BCUT2D eigenvalue weighted by molar-refractivity contribution is 9.10. The molecule has 0 aliphatic carbocycles. The number of piperidine rings is 1. The van der Waals surface area contributed by atoms with Gasteiger partial charge in [0.05, 0.1) is 5.25 Å². The van der Waals surface area contributed by atoms with E-state index in [-0.39, 0.29) is 5.25 Å². The molecule has 4 nitrogen and oxygen atoms in total. The summed E-state index contributed by atoms with van der Waals surface area (Å²) in [5, 5.41) is 2.88. The lowest BCUT2D eigenvalue weighted by molar-refractivity contribution is 0.499. The van der Waals surface area contributed by atoms with Gasteiger partial charge in [-0.05, 0) is 56.6 Å². The molecular weight excluding hydrogens is 316 g/mol. The summed E-state index contributed by atoms with van der Waals surface area (Å²) in [6.07, 6.45) is 1.34. The summed E-state index contributed by atoms with van der Waals surface area (Å²) in [4.78, 5) is 0. The van der Waals surface area contributed by atoms with Crippen LogP contribution in [0, 0.1) is 6.92 Å². The summed E-state index contributed by atoms with van der Waals surface area (Å²) in [6.45, 7) is 3.47. The molecule has 1 aliphatic heterocycles. The van der Waals surface area contributed by atoms with Crippen molar-refractivity contribution in [3.63, 3.8) is 0 Å². The molecule has 0 radical (unpaired) electrons. The normalized spacial score (nSPS) is 17.7. The smallest absolute Gasteiger partial charge is 0.235 e. The molecule has 0 saturated carbocycles. The molecule has 6 heteroatoms. The van der Waals surface area contributed by atoms with Gasteiger partial charge in [0.2, 0.25) is 10.0 Å². The van der Waals surface area contributed by atoms with Crippen molar-refractivity contribution in [2.75, 3.05) is 17.8 Å². The molecule has 2 rings (SSSR count). The van der Waals surface area contributed by atoms with Gasteiger partial charge in [0.25, 0.3) is 0 Å². The summed E-state index contributed by atoms with van der Waals surface area (Å²) in [5.74, 6) is 0. The van der Waals surface area contributed by atoms with Crippen LogP contribution in [0.3, 0.4) is 0 Å². The van der Waals surface area contributed by atoms with E-state index in [0.29, 0.717) is 18.5 Å². The largest absolute Gasteiger partial charge is 0.317 e. The minimum absolute atomic E-state index is 0.293. The van der Waals surface area contributed by atoms with Crippen LogP contribution in [-0.4, -0.2) is 26.8 Å². The van der Waals surface area contributed by atoms with Gasteiger partial charge in [-0.25, -0.2) is 8.42 Å². The van der Waals surface area contributed by atoms with E-state index >= 15 is 0 Å². The Balaban J connectivity index is 2.16. The molecule has 0 bridgehead atoms. The number of hydrogen-bond donors (Lipinski definition) is 2. The van der Waals surface area contributed by atoms with Gasteiger partial charge in [-0.2, -0.15) is 0 Å². The zero-order chi connectivity index (χ0) is 13.2. The van der Waals surface area contributed by atoms with E-state index in [1.165, 1.54) is 0 Å². The first kappa shape index (κ1) is 13.8. The van der Waals surface area contributed by atoms with E-state index in [1.54, 1.807) is 6.07 Å². The molecule has 0 atom stereocenters. The van der Waals surface area contributed by atoms with Gasteiger partial charge in [0.1, 0.15) is 0 Å². The van der Waals surface area contributed by atoms with Crippen molar-refractivity contribution in [2.24, 2.45) is 0 Å². The quantitative estimate of drug-likeness (QED) is 0.892. The molecule has 0 aromatic heterocycles. The van der Waals surface area contributed by atoms with E-state index in [1.807, 2.05) is 19.1 Å². The minimum Gasteiger partial charge on any atom is -0.317 e. The van der Waals surface area contributed by atoms with E-state index in [2.05, 4.69) is 26.0 Å². The molecule has 18 heavy (non-hydrogen) atoms. The fourth-order valence-electron chi connectivity index (χ4n) is 2.15. The lowest BCUT2D eigenvalue weighted by atomic mass is 10.2. The Kier molecular flexibility index (Phi) is 4.29. The molecule has 1 aliphatic rings. The van der Waals surface area contributed by atoms with Gasteiger partial charge in [-0.15, -0.1) is 0 Å². The van der Waals surface area contributed by atoms with Crippen molar-refractivity contribution in [2.45, 2.75) is 25.0 Å². The predicted octanol–water partition coefficient (Wildman–Crippen LogP) is 2.25. The zero-order valence-electron chi connectivity index (χ0n) is 10.2. The number of aryl methyl sites for hydroxylation is 1. The van der Waals surface area contributed by atoms with Crippen molar-refractivity contribution in [1.82, 2.24) is 5.32 Å². The van der Waals surface area contributed by atoms with Gasteiger partial charge in [0, 0.05) is 10.2 Å². The van der Waals surface area contributed by atoms with Crippen molar-refractivity contribution in [3.05, 3.63) is 28.2 Å². The predicted molar refractivity (Wildman–Crippen MR) is 77.3 cm³/mol. The topological polar surface area (TPSA) is 58.2 Å². The molecule has 1 aromatic rings. The first-order valence-electron chi connectivity index (χ1n) is 5.97. The van der Waals surface area contributed by atoms with Gasteiger partial charge in [-0.1, -0.05) is 15.9 Å². The van der Waals surface area contributed by atoms with E-state index in [4.69, 9.17) is 0 Å². The third-order valence-corrected chi connectivity index (χ3v) is 5.35. The average molecular weight is 333 g/mol. The first-order chi connectivity index (χ1) is 8.47. The zero-order valence-corrected chi connectivity index (χ0v) is 12.6. The van der Waals surface area contributed by atoms with Gasteiger partial charge in [0.15, 0.2) is 0 Å². The molecule has 100 valence electrons. The van der Waals surface area contributed by atoms with Crippen LogP contribution in [0.4, 0.5) is 5.69 Å². The molecule has 1 fully saturated rings. The fraction of sp³-hybridized carbons (Fsp3) is 0.500. The van der Waals surface area contributed by atoms with E-state index in [9.17, 15) is 8.42 Å². The summed E-state index contributed by atoms with van der Waals surface area (Å²) >= 11 is 3.37. The molecule has 0 unspecified atom stereocenters. The lowest BCUT2D eigenvalue weighted by Crippen LogP contribution is -2.38. The number of nitrogens with one attached hydrogen (secondary N) is 2. The molecule has 1 saturated heterocycles. The van der Waals surface area contributed by atoms with Crippen molar-refractivity contribution in [1.29, 1.82) is 0 Å². The van der Waals surface area contributed by atoms with Crippen LogP contribution in [0.2, 0.25) is 0 Å². The number of anilines is 1. The standard InChI is InChI=1S/C12H17BrN2O2S/c1-9-6-10(13)8-11(7-9)15-18(16,17)12-2-4-14-5-3-12/h6-8,12,14-15H,2-5H2,1H3. The first-order valence-corrected chi connectivity index (χ1v) is 8.31. The van der Waals surface area contributed by atoms with E-state index < -0.39 is 10.0 Å². The summed E-state index contributed by atoms with van der Waals surface area (Å²) < 4.78 is 28.0. The maximum absolute atomic E-state index is 12.2. The maximum Gasteiger partial charge on any atom is 0.235 e. The molecule has 1 heterocycles. The molecule has 1 aromatic carbocycles. The number of rotatable bonds is 3. The number of hydrogen-bond acceptors (Lipinski definition) is 3. The Morgan fingerprint density at radius 3 is 2.56 bits per heavy atom. The second kappa shape index (κ2) is 5.59. The summed E-state index contributed by atoms with van der Waals surface area (Å²) in [6, 6.07) is 5.57. The summed E-state index contributed by atoms with van der Waals surface area (Å²) in [5.41, 5.74) is 1.65. The molecule has 2 N–H and O–H groups in total.